The summed E-state index contributed by atoms with van der Waals surface area (Å²) < 4.78 is 19.5. The fourth-order valence-corrected chi connectivity index (χ4v) is 13.6. The van der Waals surface area contributed by atoms with E-state index in [1.807, 2.05) is 41.3 Å². The first kappa shape index (κ1) is 43.0. The van der Waals surface area contributed by atoms with Gasteiger partial charge in [-0.3, -0.25) is 33.6 Å². The Kier molecular flexibility index (Phi) is 11.1. The molecule has 2 saturated heterocycles. The van der Waals surface area contributed by atoms with Crippen molar-refractivity contribution < 1.29 is 23.6 Å². The van der Waals surface area contributed by atoms with Crippen LogP contribution in [0.15, 0.2) is 71.7 Å². The Morgan fingerprint density at radius 1 is 0.875 bits per heavy atom. The van der Waals surface area contributed by atoms with E-state index in [-0.39, 0.29) is 65.1 Å². The fourth-order valence-electron chi connectivity index (χ4n) is 13.2. The van der Waals surface area contributed by atoms with Gasteiger partial charge in [0.2, 0.25) is 23.6 Å². The van der Waals surface area contributed by atoms with E-state index in [4.69, 9.17) is 23.2 Å². The molecule has 4 amide bonds. The number of amides is 4. The number of hydrogen-bond acceptors (Lipinski definition) is 6. The highest BCUT2D eigenvalue weighted by molar-refractivity contribution is 6.31. The number of allylic oxidation sites excluding steroid dienone is 1. The summed E-state index contributed by atoms with van der Waals surface area (Å²) in [7, 11) is 1.71. The van der Waals surface area contributed by atoms with E-state index in [1.165, 1.54) is 4.57 Å². The van der Waals surface area contributed by atoms with Gasteiger partial charge in [0.25, 0.3) is 0 Å². The average Bonchev–Trinajstić information content (AvgIpc) is 3.84. The van der Waals surface area contributed by atoms with E-state index in [9.17, 15) is 24.0 Å². The molecule has 6 aliphatic rings. The maximum absolute atomic E-state index is 16.4. The third kappa shape index (κ3) is 6.83. The number of nitrogens with one attached hydrogen (secondary N) is 3. The van der Waals surface area contributed by atoms with Crippen molar-refractivity contribution in [3.8, 4) is 0 Å². The topological polar surface area (TPSA) is 135 Å². The lowest BCUT2D eigenvalue weighted by atomic mass is 9.53. The van der Waals surface area contributed by atoms with Crippen molar-refractivity contribution in [2.75, 3.05) is 18.4 Å². The van der Waals surface area contributed by atoms with E-state index < -0.39 is 34.5 Å². The molecule has 5 fully saturated rings. The smallest absolute Gasteiger partial charge is 0.329 e. The first-order valence-electron chi connectivity index (χ1n) is 23.2. The molecule has 10 rings (SSSR count). The second-order valence-electron chi connectivity index (χ2n) is 19.5. The molecule has 1 unspecified atom stereocenters. The monoisotopic (exact) mass is 908 g/mol. The highest BCUT2D eigenvalue weighted by atomic mass is 35.5. The van der Waals surface area contributed by atoms with Crippen LogP contribution >= 0.6 is 23.2 Å². The Hall–Kier alpha value is -4.94. The molecule has 64 heavy (non-hydrogen) atoms. The summed E-state index contributed by atoms with van der Waals surface area (Å²) in [5.41, 5.74) is 3.58. The van der Waals surface area contributed by atoms with Crippen LogP contribution in [0.3, 0.4) is 0 Å². The van der Waals surface area contributed by atoms with E-state index in [0.717, 1.165) is 93.0 Å². The maximum atomic E-state index is 16.4. The molecular formula is C50H55Cl2FN6O5. The predicted molar refractivity (Wildman–Crippen MR) is 245 cm³/mol. The molecule has 3 aliphatic carbocycles. The predicted octanol–water partition coefficient (Wildman–Crippen LogP) is 8.78. The molecule has 3 aromatic carbocycles. The van der Waals surface area contributed by atoms with Crippen molar-refractivity contribution >= 4 is 63.6 Å². The largest absolute Gasteiger partial charge is 0.386 e. The molecule has 4 aromatic rings. The van der Waals surface area contributed by atoms with Gasteiger partial charge in [0.15, 0.2) is 0 Å². The van der Waals surface area contributed by atoms with Crippen molar-refractivity contribution in [3.63, 3.8) is 0 Å². The van der Waals surface area contributed by atoms with Crippen molar-refractivity contribution in [1.82, 2.24) is 24.7 Å². The number of hydrogen-bond donors (Lipinski definition) is 3. The number of halogens is 3. The number of carbonyl (C=O) groups excluding carboxylic acids is 4. The van der Waals surface area contributed by atoms with Crippen LogP contribution in [0.4, 0.5) is 10.1 Å². The number of piperidine rings is 2. The lowest BCUT2D eigenvalue weighted by Gasteiger charge is -2.47. The standard InChI is InChI=1S/C50H55Cl2FN6O5/c1-28(35-27-49(21-4-3-5-22-49)50(43(35)34-7-6-8-37(52)44(34)53)36-15-12-32(51)26-38(36)55-47(50)63)54-33-13-9-30(10-14-33)46(62)58-23-19-29(20-24-58)31-11-16-39-41(25-31)57(2)48(64)59(39)40-17-18-42(60)56-45(40)61/h6-8,11-12,15-16,25-26,29-30,33,35,40,43,54H,1,3-5,9-10,13-14,17-24,27H2,2H3,(H,55,63)(H,56,60,61)/t30?,33?,35-,40?,43-,50+/m0/s1. The van der Waals surface area contributed by atoms with E-state index >= 15 is 4.39 Å². The van der Waals surface area contributed by atoms with Gasteiger partial charge in [0, 0.05) is 66.8 Å². The minimum atomic E-state index is -1.04. The molecule has 4 atom stereocenters. The number of benzene rings is 3. The van der Waals surface area contributed by atoms with E-state index in [1.54, 1.807) is 29.8 Å². The lowest BCUT2D eigenvalue weighted by Crippen LogP contribution is -2.51. The number of carbonyl (C=O) groups is 4. The Bertz CT molecular complexity index is 2660. The number of anilines is 1. The SMILES string of the molecule is C=C(NC1CCC(C(=O)N2CCC(c3ccc4c(c3)n(C)c(=O)n4C3CCC(=O)NC3=O)CC2)CC1)[C@@H]1CC2(CCCCC2)[C@@]2(C(=O)Nc3cc(Cl)ccc32)[C@H]1c1cccc(Cl)c1F. The third-order valence-corrected chi connectivity index (χ3v) is 16.8. The highest BCUT2D eigenvalue weighted by Crippen LogP contribution is 2.72. The zero-order valence-corrected chi connectivity index (χ0v) is 37.7. The van der Waals surface area contributed by atoms with Gasteiger partial charge in [-0.15, -0.1) is 0 Å². The minimum Gasteiger partial charge on any atom is -0.386 e. The van der Waals surface area contributed by atoms with Gasteiger partial charge in [0.05, 0.1) is 21.5 Å². The van der Waals surface area contributed by atoms with Crippen LogP contribution in [0.2, 0.25) is 10.0 Å². The van der Waals surface area contributed by atoms with Gasteiger partial charge in [-0.05, 0) is 123 Å². The quantitative estimate of drug-likeness (QED) is 0.159. The number of aromatic nitrogens is 2. The highest BCUT2D eigenvalue weighted by Gasteiger charge is 2.71. The van der Waals surface area contributed by atoms with Gasteiger partial charge < -0.3 is 15.5 Å². The third-order valence-electron chi connectivity index (χ3n) is 16.3. The zero-order valence-electron chi connectivity index (χ0n) is 36.2. The molecule has 0 radical (unpaired) electrons. The molecule has 336 valence electrons. The van der Waals surface area contributed by atoms with Crippen LogP contribution in [-0.4, -0.2) is 56.8 Å². The molecule has 3 saturated carbocycles. The molecule has 4 heterocycles. The number of likely N-dealkylation sites (tertiary alicyclic amines) is 1. The molecule has 3 N–H and O–H groups in total. The summed E-state index contributed by atoms with van der Waals surface area (Å²) in [6.45, 7) is 5.97. The Labute approximate surface area is 382 Å². The van der Waals surface area contributed by atoms with E-state index in [0.29, 0.717) is 41.3 Å². The summed E-state index contributed by atoms with van der Waals surface area (Å²) in [6, 6.07) is 16.1. The van der Waals surface area contributed by atoms with Gasteiger partial charge in [-0.2, -0.15) is 0 Å². The molecule has 2 spiro atoms. The molecular weight excluding hydrogens is 854 g/mol. The molecule has 1 aromatic heterocycles. The summed E-state index contributed by atoms with van der Waals surface area (Å²) in [5.74, 6) is -1.83. The van der Waals surface area contributed by atoms with Crippen molar-refractivity contribution in [2.24, 2.45) is 24.3 Å². The summed E-state index contributed by atoms with van der Waals surface area (Å²) >= 11 is 13.0. The van der Waals surface area contributed by atoms with Gasteiger partial charge in [-0.25, -0.2) is 9.18 Å². The first-order valence-corrected chi connectivity index (χ1v) is 23.9. The Morgan fingerprint density at radius 3 is 2.36 bits per heavy atom. The van der Waals surface area contributed by atoms with Crippen molar-refractivity contribution in [1.29, 1.82) is 0 Å². The van der Waals surface area contributed by atoms with Gasteiger partial charge >= 0.3 is 5.69 Å². The van der Waals surface area contributed by atoms with Crippen LogP contribution in [0.1, 0.15) is 124 Å². The summed E-state index contributed by atoms with van der Waals surface area (Å²) in [4.78, 5) is 68.6. The second-order valence-corrected chi connectivity index (χ2v) is 20.3. The number of imidazole rings is 1. The van der Waals surface area contributed by atoms with E-state index in [2.05, 4.69) is 22.5 Å². The van der Waals surface area contributed by atoms with Crippen LogP contribution in [-0.2, 0) is 31.6 Å². The lowest BCUT2D eigenvalue weighted by molar-refractivity contribution is -0.138. The summed E-state index contributed by atoms with van der Waals surface area (Å²) in [6.07, 6.45) is 10.7. The van der Waals surface area contributed by atoms with Gasteiger partial charge in [0.1, 0.15) is 11.9 Å². The zero-order chi connectivity index (χ0) is 44.7. The number of rotatable bonds is 7. The summed E-state index contributed by atoms with van der Waals surface area (Å²) in [5, 5.41) is 9.92. The normalized spacial score (nSPS) is 28.1. The average molecular weight is 910 g/mol. The molecule has 11 nitrogen and oxygen atoms in total. The first-order chi connectivity index (χ1) is 30.8. The van der Waals surface area contributed by atoms with Crippen LogP contribution < -0.4 is 21.6 Å². The Balaban J connectivity index is 0.815. The minimum absolute atomic E-state index is 0.0327. The second kappa shape index (κ2) is 16.5. The maximum Gasteiger partial charge on any atom is 0.329 e. The number of fused-ring (bicyclic) bond motifs is 4. The molecule has 14 heteroatoms. The van der Waals surface area contributed by atoms with Crippen LogP contribution in [0.5, 0.6) is 0 Å². The van der Waals surface area contributed by atoms with Crippen LogP contribution in [0, 0.1) is 23.1 Å². The van der Waals surface area contributed by atoms with Crippen molar-refractivity contribution in [3.05, 3.63) is 110 Å². The van der Waals surface area contributed by atoms with Gasteiger partial charge in [-0.1, -0.05) is 73.3 Å². The number of nitrogens with zero attached hydrogens (tertiary/aromatic N) is 3. The molecule has 0 bridgehead atoms. The number of imide groups is 1. The van der Waals surface area contributed by atoms with Crippen LogP contribution in [0.25, 0.3) is 11.0 Å². The van der Waals surface area contributed by atoms with Crippen molar-refractivity contribution in [2.45, 2.75) is 119 Å². The fraction of sp³-hybridized carbons (Fsp3) is 0.500. The Morgan fingerprint density at radius 2 is 1.62 bits per heavy atom. The number of aryl methyl sites for hydroxylation is 1. The molecule has 3 aliphatic heterocycles.